The molecule has 1 aromatic heterocycles. The molecule has 2 fully saturated rings. The summed E-state index contributed by atoms with van der Waals surface area (Å²) in [5.74, 6) is 0.751. The van der Waals surface area contributed by atoms with E-state index in [9.17, 15) is 23.2 Å². The van der Waals surface area contributed by atoms with Crippen molar-refractivity contribution < 1.29 is 27.8 Å². The van der Waals surface area contributed by atoms with E-state index in [0.29, 0.717) is 38.5 Å². The lowest BCUT2D eigenvalue weighted by Gasteiger charge is -2.29. The number of halogens is 3. The van der Waals surface area contributed by atoms with Crippen molar-refractivity contribution in [1.82, 2.24) is 5.32 Å². The Labute approximate surface area is 156 Å². The molecule has 1 atom stereocenters. The second kappa shape index (κ2) is 7.35. The van der Waals surface area contributed by atoms with Crippen LogP contribution in [-0.4, -0.2) is 44.2 Å². The van der Waals surface area contributed by atoms with Crippen molar-refractivity contribution in [3.05, 3.63) is 23.9 Å². The first-order chi connectivity index (χ1) is 12.7. The fourth-order valence-electron chi connectivity index (χ4n) is 3.47. The monoisotopic (exact) mass is 383 g/mol. The van der Waals surface area contributed by atoms with E-state index in [1.165, 1.54) is 6.07 Å². The number of quaternary nitrogens is 1. The van der Waals surface area contributed by atoms with Crippen molar-refractivity contribution in [3.63, 3.8) is 0 Å². The Morgan fingerprint density at radius 1 is 1.37 bits per heavy atom. The summed E-state index contributed by atoms with van der Waals surface area (Å²) in [5.41, 5.74) is -1.49. The largest absolute Gasteiger partial charge is 0.419 e. The number of hydrogen-bond acceptors (Lipinski definition) is 3. The Kier molecular flexibility index (Phi) is 5.29. The van der Waals surface area contributed by atoms with E-state index in [0.717, 1.165) is 30.0 Å². The predicted molar refractivity (Wildman–Crippen MR) is 90.7 cm³/mol. The van der Waals surface area contributed by atoms with Gasteiger partial charge in [-0.2, -0.15) is 18.4 Å². The molecule has 0 spiro atoms. The maximum Gasteiger partial charge on any atom is 0.419 e. The Bertz CT molecular complexity index is 718. The van der Waals surface area contributed by atoms with Gasteiger partial charge in [-0.05, 0) is 31.7 Å². The second-order valence-corrected chi connectivity index (χ2v) is 7.51. The van der Waals surface area contributed by atoms with Gasteiger partial charge in [-0.25, -0.2) is 4.98 Å². The molecule has 3 rings (SSSR count). The molecule has 1 saturated carbocycles. The number of piperazine rings is 1. The van der Waals surface area contributed by atoms with E-state index in [4.69, 9.17) is 0 Å². The van der Waals surface area contributed by atoms with Crippen LogP contribution in [0.3, 0.4) is 0 Å². The molecule has 0 aromatic carbocycles. The molecular weight excluding hydrogens is 359 g/mol. The molecule has 2 heterocycles. The number of pyridine rings is 1. The average Bonchev–Trinajstić information content (AvgIpc) is 3.47. The maximum absolute atomic E-state index is 12.6. The van der Waals surface area contributed by atoms with Crippen LogP contribution in [0.15, 0.2) is 18.3 Å². The number of aromatic amines is 1. The van der Waals surface area contributed by atoms with E-state index in [1.54, 1.807) is 6.92 Å². The number of anilines is 1. The van der Waals surface area contributed by atoms with Crippen molar-refractivity contribution in [2.75, 3.05) is 37.6 Å². The zero-order valence-corrected chi connectivity index (χ0v) is 15.2. The number of nitrogens with zero attached hydrogens (tertiary/aromatic N) is 2. The summed E-state index contributed by atoms with van der Waals surface area (Å²) in [6.07, 6.45) is -1.44. The molecule has 2 aliphatic rings. The number of carbonyl (C=O) groups is 1. The van der Waals surface area contributed by atoms with Gasteiger partial charge in [-0.15, -0.1) is 0 Å². The van der Waals surface area contributed by atoms with E-state index in [2.05, 4.69) is 16.4 Å². The van der Waals surface area contributed by atoms with Gasteiger partial charge in [0, 0.05) is 6.07 Å². The highest BCUT2D eigenvalue weighted by molar-refractivity contribution is 5.78. The maximum atomic E-state index is 12.6. The molecule has 0 unspecified atom stereocenters. The van der Waals surface area contributed by atoms with Gasteiger partial charge in [-0.1, -0.05) is 0 Å². The summed E-state index contributed by atoms with van der Waals surface area (Å²) in [6.45, 7) is 4.76. The molecule has 27 heavy (non-hydrogen) atoms. The van der Waals surface area contributed by atoms with Crippen molar-refractivity contribution in [3.8, 4) is 6.07 Å². The van der Waals surface area contributed by atoms with Crippen molar-refractivity contribution in [2.24, 2.45) is 5.92 Å². The summed E-state index contributed by atoms with van der Waals surface area (Å²) in [5, 5.41) is 12.2. The number of alkyl halides is 3. The molecule has 6 nitrogen and oxygen atoms in total. The summed E-state index contributed by atoms with van der Waals surface area (Å²) in [4.78, 5) is 18.1. The quantitative estimate of drug-likeness (QED) is 0.754. The minimum absolute atomic E-state index is 0.129. The number of nitriles is 1. The van der Waals surface area contributed by atoms with Crippen LogP contribution in [0.4, 0.5) is 19.0 Å². The average molecular weight is 383 g/mol. The lowest BCUT2D eigenvalue weighted by Crippen LogP contribution is -3.16. The Balaban J connectivity index is 1.49. The molecule has 1 aromatic rings. The molecule has 0 bridgehead atoms. The SMILES string of the molecule is C[C@](C#N)(NC(=O)C[NH+]1CCN(c2ccc(C(F)(F)F)c[nH+]2)CC1)C1CC1. The fraction of sp³-hybridized carbons (Fsp3) is 0.611. The topological polar surface area (TPSA) is 74.7 Å². The minimum Gasteiger partial charge on any atom is -0.333 e. The smallest absolute Gasteiger partial charge is 0.333 e. The lowest BCUT2D eigenvalue weighted by molar-refractivity contribution is -0.892. The zero-order valence-electron chi connectivity index (χ0n) is 15.2. The Morgan fingerprint density at radius 3 is 2.52 bits per heavy atom. The summed E-state index contributed by atoms with van der Waals surface area (Å²) in [6, 6.07) is 4.73. The van der Waals surface area contributed by atoms with Gasteiger partial charge in [0.25, 0.3) is 11.7 Å². The first-order valence-electron chi connectivity index (χ1n) is 9.11. The van der Waals surface area contributed by atoms with Crippen LogP contribution in [0.1, 0.15) is 25.3 Å². The first kappa shape index (κ1) is 19.4. The van der Waals surface area contributed by atoms with E-state index < -0.39 is 17.3 Å². The van der Waals surface area contributed by atoms with Crippen LogP contribution >= 0.6 is 0 Å². The highest BCUT2D eigenvalue weighted by Gasteiger charge is 2.43. The van der Waals surface area contributed by atoms with Crippen LogP contribution in [0.2, 0.25) is 0 Å². The third-order valence-electron chi connectivity index (χ3n) is 5.37. The molecule has 9 heteroatoms. The van der Waals surface area contributed by atoms with Gasteiger partial charge in [-0.3, -0.25) is 9.69 Å². The molecule has 3 N–H and O–H groups in total. The van der Waals surface area contributed by atoms with Crippen LogP contribution in [0, 0.1) is 17.2 Å². The van der Waals surface area contributed by atoms with Crippen molar-refractivity contribution in [2.45, 2.75) is 31.5 Å². The van der Waals surface area contributed by atoms with Crippen LogP contribution in [0.25, 0.3) is 0 Å². The lowest BCUT2D eigenvalue weighted by atomic mass is 9.98. The minimum atomic E-state index is -4.36. The van der Waals surface area contributed by atoms with Gasteiger partial charge in [0.2, 0.25) is 0 Å². The number of H-pyrrole nitrogens is 1. The van der Waals surface area contributed by atoms with Crippen molar-refractivity contribution in [1.29, 1.82) is 5.26 Å². The Morgan fingerprint density at radius 2 is 2.04 bits per heavy atom. The normalized spacial score (nSPS) is 20.6. The number of aromatic nitrogens is 1. The zero-order chi connectivity index (χ0) is 19.7. The van der Waals surface area contributed by atoms with Crippen molar-refractivity contribution >= 4 is 11.7 Å². The third kappa shape index (κ3) is 4.69. The highest BCUT2D eigenvalue weighted by atomic mass is 19.4. The number of amides is 1. The molecular formula is C18H24F3N5O+2. The second-order valence-electron chi connectivity index (χ2n) is 7.51. The summed E-state index contributed by atoms with van der Waals surface area (Å²) >= 11 is 0. The molecule has 1 aliphatic carbocycles. The highest BCUT2D eigenvalue weighted by Crippen LogP contribution is 2.39. The van der Waals surface area contributed by atoms with Gasteiger partial charge in [0.15, 0.2) is 6.54 Å². The number of nitrogens with one attached hydrogen (secondary N) is 3. The summed E-state index contributed by atoms with van der Waals surface area (Å²) in [7, 11) is 0. The molecule has 1 saturated heterocycles. The van der Waals surface area contributed by atoms with E-state index in [1.807, 2.05) is 4.90 Å². The van der Waals surface area contributed by atoms with Gasteiger partial charge in [0.05, 0.1) is 11.6 Å². The van der Waals surface area contributed by atoms with Gasteiger partial charge >= 0.3 is 6.18 Å². The Hall–Kier alpha value is -2.34. The third-order valence-corrected chi connectivity index (χ3v) is 5.37. The van der Waals surface area contributed by atoms with E-state index in [-0.39, 0.29) is 11.8 Å². The fourth-order valence-corrected chi connectivity index (χ4v) is 3.47. The number of rotatable bonds is 5. The summed E-state index contributed by atoms with van der Waals surface area (Å²) < 4.78 is 37.9. The van der Waals surface area contributed by atoms with Crippen LogP contribution in [-0.2, 0) is 11.0 Å². The molecule has 146 valence electrons. The molecule has 1 amide bonds. The van der Waals surface area contributed by atoms with E-state index >= 15 is 0 Å². The predicted octanol–water partition coefficient (Wildman–Crippen LogP) is 0.0329. The van der Waals surface area contributed by atoms with Gasteiger partial charge < -0.3 is 10.2 Å². The van der Waals surface area contributed by atoms with Crippen LogP contribution in [0.5, 0.6) is 0 Å². The standard InChI is InChI=1S/C18H22F3N5O/c1-17(12-22,13-2-3-13)24-16(27)11-25-6-8-26(9-7-25)15-5-4-14(10-23-15)18(19,20)21/h4-5,10,13H,2-3,6-9,11H2,1H3,(H,24,27)/p+2/t17-/m1/s1. The molecule has 0 radical (unpaired) electrons. The number of carbonyl (C=O) groups excluding carboxylic acids is 1. The van der Waals surface area contributed by atoms with Gasteiger partial charge in [0.1, 0.15) is 37.9 Å². The number of hydrogen-bond donors (Lipinski definition) is 2. The van der Waals surface area contributed by atoms with Crippen LogP contribution < -0.4 is 20.1 Å². The first-order valence-corrected chi connectivity index (χ1v) is 9.11. The molecule has 1 aliphatic heterocycles.